The van der Waals surface area contributed by atoms with Gasteiger partial charge in [0, 0.05) is 23.6 Å². The van der Waals surface area contributed by atoms with Crippen LogP contribution in [-0.4, -0.2) is 22.1 Å². The number of halogens is 2. The highest BCUT2D eigenvalue weighted by molar-refractivity contribution is 6.31. The third-order valence-corrected chi connectivity index (χ3v) is 5.02. The SMILES string of the molecule is CN(Cc1noc(C2CC2)n1)Cc1ccccc1OCc1c(F)cccc1Cl. The quantitative estimate of drug-likeness (QED) is 0.534. The Morgan fingerprint density at radius 3 is 2.79 bits per heavy atom. The van der Waals surface area contributed by atoms with Gasteiger partial charge in [0.05, 0.1) is 11.6 Å². The van der Waals surface area contributed by atoms with E-state index in [0.29, 0.717) is 41.2 Å². The minimum Gasteiger partial charge on any atom is -0.488 e. The molecule has 1 aliphatic carbocycles. The molecule has 7 heteroatoms. The van der Waals surface area contributed by atoms with Crippen molar-refractivity contribution in [1.29, 1.82) is 0 Å². The molecule has 5 nitrogen and oxygen atoms in total. The Kier molecular flexibility index (Phi) is 5.59. The Morgan fingerprint density at radius 1 is 1.18 bits per heavy atom. The number of aromatic nitrogens is 2. The molecule has 4 rings (SSSR count). The van der Waals surface area contributed by atoms with Gasteiger partial charge >= 0.3 is 0 Å². The number of benzene rings is 2. The molecule has 0 aliphatic heterocycles. The van der Waals surface area contributed by atoms with Crippen molar-refractivity contribution >= 4 is 11.6 Å². The van der Waals surface area contributed by atoms with Crippen molar-refractivity contribution in [2.45, 2.75) is 38.5 Å². The first kappa shape index (κ1) is 18.9. The van der Waals surface area contributed by atoms with Crippen LogP contribution < -0.4 is 4.74 Å². The average molecular weight is 402 g/mol. The van der Waals surface area contributed by atoms with E-state index < -0.39 is 0 Å². The number of para-hydroxylation sites is 1. The molecule has 0 saturated heterocycles. The van der Waals surface area contributed by atoms with E-state index in [1.807, 2.05) is 31.3 Å². The number of rotatable bonds is 8. The zero-order valence-corrected chi connectivity index (χ0v) is 16.3. The molecule has 0 N–H and O–H groups in total. The van der Waals surface area contributed by atoms with Crippen LogP contribution >= 0.6 is 11.6 Å². The molecule has 2 aromatic carbocycles. The summed E-state index contributed by atoms with van der Waals surface area (Å²) in [7, 11) is 1.98. The molecule has 1 aliphatic rings. The Balaban J connectivity index is 1.40. The molecule has 1 saturated carbocycles. The van der Waals surface area contributed by atoms with Crippen LogP contribution in [0.1, 0.15) is 41.6 Å². The molecule has 0 atom stereocenters. The molecule has 1 heterocycles. The fraction of sp³-hybridized carbons (Fsp3) is 0.333. The Morgan fingerprint density at radius 2 is 2.00 bits per heavy atom. The van der Waals surface area contributed by atoms with E-state index in [4.69, 9.17) is 20.9 Å². The second kappa shape index (κ2) is 8.29. The molecule has 0 bridgehead atoms. The summed E-state index contributed by atoms with van der Waals surface area (Å²) in [4.78, 5) is 6.55. The van der Waals surface area contributed by atoms with E-state index in [1.54, 1.807) is 12.1 Å². The summed E-state index contributed by atoms with van der Waals surface area (Å²) in [5.74, 6) is 2.20. The van der Waals surface area contributed by atoms with Crippen molar-refractivity contribution in [2.75, 3.05) is 7.05 Å². The minimum absolute atomic E-state index is 0.0713. The van der Waals surface area contributed by atoms with Gasteiger partial charge in [0.2, 0.25) is 5.89 Å². The summed E-state index contributed by atoms with van der Waals surface area (Å²) in [6.45, 7) is 1.28. The standard InChI is InChI=1S/C21H21ClFN3O2/c1-26(12-20-24-21(28-25-20)14-9-10-14)11-15-5-2-3-8-19(15)27-13-16-17(22)6-4-7-18(16)23/h2-8,14H,9-13H2,1H3. The van der Waals surface area contributed by atoms with Crippen molar-refractivity contribution < 1.29 is 13.7 Å². The van der Waals surface area contributed by atoms with Gasteiger partial charge in [-0.15, -0.1) is 0 Å². The normalized spacial score (nSPS) is 13.9. The lowest BCUT2D eigenvalue weighted by Gasteiger charge is -2.18. The molecule has 1 aromatic heterocycles. The van der Waals surface area contributed by atoms with Crippen molar-refractivity contribution in [1.82, 2.24) is 15.0 Å². The van der Waals surface area contributed by atoms with E-state index in [1.165, 1.54) is 6.07 Å². The van der Waals surface area contributed by atoms with E-state index in [-0.39, 0.29) is 12.4 Å². The third-order valence-electron chi connectivity index (χ3n) is 4.67. The summed E-state index contributed by atoms with van der Waals surface area (Å²) >= 11 is 6.09. The van der Waals surface area contributed by atoms with Crippen molar-refractivity contribution in [2.24, 2.45) is 0 Å². The molecular weight excluding hydrogens is 381 g/mol. The highest BCUT2D eigenvalue weighted by Crippen LogP contribution is 2.38. The van der Waals surface area contributed by atoms with Crippen LogP contribution in [0.4, 0.5) is 4.39 Å². The second-order valence-corrected chi connectivity index (χ2v) is 7.50. The Labute approximate surface area is 168 Å². The van der Waals surface area contributed by atoms with E-state index in [2.05, 4.69) is 15.0 Å². The third kappa shape index (κ3) is 4.51. The van der Waals surface area contributed by atoms with Gasteiger partial charge in [0.15, 0.2) is 5.82 Å². The van der Waals surface area contributed by atoms with Gasteiger partial charge in [-0.2, -0.15) is 4.98 Å². The van der Waals surface area contributed by atoms with Crippen LogP contribution in [0.3, 0.4) is 0 Å². The maximum Gasteiger partial charge on any atom is 0.229 e. The molecule has 0 radical (unpaired) electrons. The summed E-state index contributed by atoms with van der Waals surface area (Å²) in [5, 5.41) is 4.42. The van der Waals surface area contributed by atoms with Crippen molar-refractivity contribution in [3.8, 4) is 5.75 Å². The number of ether oxygens (including phenoxy) is 1. The lowest BCUT2D eigenvalue weighted by molar-refractivity contribution is 0.273. The predicted molar refractivity (Wildman–Crippen MR) is 104 cm³/mol. The monoisotopic (exact) mass is 401 g/mol. The smallest absolute Gasteiger partial charge is 0.229 e. The molecule has 0 amide bonds. The minimum atomic E-state index is -0.370. The zero-order valence-electron chi connectivity index (χ0n) is 15.6. The van der Waals surface area contributed by atoms with Gasteiger partial charge < -0.3 is 9.26 Å². The van der Waals surface area contributed by atoms with Gasteiger partial charge in [-0.05, 0) is 38.1 Å². The van der Waals surface area contributed by atoms with Crippen LogP contribution in [0.15, 0.2) is 47.0 Å². The average Bonchev–Trinajstić information content (AvgIpc) is 3.42. The van der Waals surface area contributed by atoms with Crippen LogP contribution in [0.2, 0.25) is 5.02 Å². The lowest BCUT2D eigenvalue weighted by atomic mass is 10.2. The summed E-state index contributed by atoms with van der Waals surface area (Å²) < 4.78 is 25.2. The van der Waals surface area contributed by atoms with E-state index >= 15 is 0 Å². The Bertz CT molecular complexity index is 938. The fourth-order valence-electron chi connectivity index (χ4n) is 3.01. The highest BCUT2D eigenvalue weighted by Gasteiger charge is 2.29. The van der Waals surface area contributed by atoms with E-state index in [0.717, 1.165) is 24.3 Å². The fourth-order valence-corrected chi connectivity index (χ4v) is 3.23. The largest absolute Gasteiger partial charge is 0.488 e. The first-order valence-corrected chi connectivity index (χ1v) is 9.62. The maximum atomic E-state index is 14.0. The van der Waals surface area contributed by atoms with Crippen LogP contribution in [-0.2, 0) is 19.7 Å². The molecule has 0 spiro atoms. The van der Waals surface area contributed by atoms with Crippen LogP contribution in [0, 0.1) is 5.82 Å². The van der Waals surface area contributed by atoms with Gasteiger partial charge in [0.25, 0.3) is 0 Å². The first-order valence-electron chi connectivity index (χ1n) is 9.25. The number of hydrogen-bond donors (Lipinski definition) is 0. The maximum absolute atomic E-state index is 14.0. The zero-order chi connectivity index (χ0) is 19.5. The highest BCUT2D eigenvalue weighted by atomic mass is 35.5. The second-order valence-electron chi connectivity index (χ2n) is 7.09. The molecule has 1 fully saturated rings. The van der Waals surface area contributed by atoms with Gasteiger partial charge in [-0.25, -0.2) is 4.39 Å². The summed E-state index contributed by atoms with van der Waals surface area (Å²) in [6.07, 6.45) is 2.27. The van der Waals surface area contributed by atoms with Gasteiger partial charge in [0.1, 0.15) is 18.2 Å². The van der Waals surface area contributed by atoms with Gasteiger partial charge in [-0.1, -0.05) is 41.0 Å². The predicted octanol–water partition coefficient (Wildman–Crippen LogP) is 4.95. The molecule has 3 aromatic rings. The number of nitrogens with zero attached hydrogens (tertiary/aromatic N) is 3. The van der Waals surface area contributed by atoms with Gasteiger partial charge in [-0.3, -0.25) is 4.90 Å². The Hall–Kier alpha value is -2.44. The number of hydrogen-bond acceptors (Lipinski definition) is 5. The summed E-state index contributed by atoms with van der Waals surface area (Å²) in [5.41, 5.74) is 1.34. The van der Waals surface area contributed by atoms with Crippen molar-refractivity contribution in [3.63, 3.8) is 0 Å². The first-order chi connectivity index (χ1) is 13.6. The topological polar surface area (TPSA) is 51.4 Å². The molecular formula is C21H21ClFN3O2. The van der Waals surface area contributed by atoms with Crippen molar-refractivity contribution in [3.05, 3.63) is 76.1 Å². The van der Waals surface area contributed by atoms with Crippen LogP contribution in [0.25, 0.3) is 0 Å². The molecule has 28 heavy (non-hydrogen) atoms. The summed E-state index contributed by atoms with van der Waals surface area (Å²) in [6, 6.07) is 12.3. The molecule has 146 valence electrons. The van der Waals surface area contributed by atoms with E-state index in [9.17, 15) is 4.39 Å². The lowest BCUT2D eigenvalue weighted by Crippen LogP contribution is -2.18. The molecule has 0 unspecified atom stereocenters. The van der Waals surface area contributed by atoms with Crippen LogP contribution in [0.5, 0.6) is 5.75 Å².